The summed E-state index contributed by atoms with van der Waals surface area (Å²) in [6.45, 7) is 16.1. The van der Waals surface area contributed by atoms with Gasteiger partial charge in [0.25, 0.3) is 0 Å². The molecule has 0 heterocycles. The Bertz CT molecular complexity index is 399. The Hall–Kier alpha value is -1.58. The van der Waals surface area contributed by atoms with Crippen molar-refractivity contribution in [1.82, 2.24) is 0 Å². The van der Waals surface area contributed by atoms with Crippen LogP contribution in [0.2, 0.25) is 0 Å². The molecule has 4 heteroatoms. The van der Waals surface area contributed by atoms with Crippen LogP contribution in [-0.2, 0) is 14.3 Å². The Labute approximate surface area is 160 Å². The van der Waals surface area contributed by atoms with Crippen LogP contribution in [0, 0.1) is 11.8 Å². The van der Waals surface area contributed by atoms with Crippen LogP contribution >= 0.6 is 0 Å². The van der Waals surface area contributed by atoms with E-state index in [2.05, 4.69) is 40.9 Å². The minimum atomic E-state index is -0.852. The highest BCUT2D eigenvalue weighted by atomic mass is 16.5. The fourth-order valence-electron chi connectivity index (χ4n) is 2.44. The molecule has 1 unspecified atom stereocenters. The number of carboxylic acid groups (broad SMARTS) is 1. The van der Waals surface area contributed by atoms with E-state index in [4.69, 9.17) is 9.84 Å². The van der Waals surface area contributed by atoms with Gasteiger partial charge in [-0.15, -0.1) is 0 Å². The Kier molecular flexibility index (Phi) is 18.7. The van der Waals surface area contributed by atoms with Crippen molar-refractivity contribution in [3.05, 3.63) is 24.8 Å². The molecule has 1 atom stereocenters. The molecule has 0 aliphatic carbocycles. The predicted molar refractivity (Wildman–Crippen MR) is 109 cm³/mol. The number of ether oxygens (including phenoxy) is 1. The maximum absolute atomic E-state index is 10.6. The Balaban J connectivity index is 0. The number of hydrogen-bond donors (Lipinski definition) is 1. The third-order valence-electron chi connectivity index (χ3n) is 4.22. The molecule has 0 aromatic heterocycles. The molecular weight excluding hydrogens is 328 g/mol. The van der Waals surface area contributed by atoms with Gasteiger partial charge < -0.3 is 9.84 Å². The second-order valence-corrected chi connectivity index (χ2v) is 7.14. The van der Waals surface area contributed by atoms with Crippen molar-refractivity contribution in [2.75, 3.05) is 6.61 Å². The second-order valence-electron chi connectivity index (χ2n) is 7.14. The van der Waals surface area contributed by atoms with Crippen LogP contribution in [0.3, 0.4) is 0 Å². The summed E-state index contributed by atoms with van der Waals surface area (Å²) in [4.78, 5) is 21.1. The normalized spacial score (nSPS) is 11.3. The summed E-state index contributed by atoms with van der Waals surface area (Å²) >= 11 is 0. The zero-order chi connectivity index (χ0) is 20.4. The third kappa shape index (κ3) is 18.8. The molecule has 26 heavy (non-hydrogen) atoms. The van der Waals surface area contributed by atoms with Gasteiger partial charge in [-0.1, -0.05) is 85.8 Å². The van der Waals surface area contributed by atoms with Gasteiger partial charge in [0.15, 0.2) is 0 Å². The van der Waals surface area contributed by atoms with E-state index >= 15 is 0 Å². The van der Waals surface area contributed by atoms with Gasteiger partial charge in [-0.3, -0.25) is 0 Å². The third-order valence-corrected chi connectivity index (χ3v) is 4.22. The van der Waals surface area contributed by atoms with E-state index in [-0.39, 0.29) is 5.97 Å². The van der Waals surface area contributed by atoms with Crippen LogP contribution in [0.25, 0.3) is 0 Å². The fourth-order valence-corrected chi connectivity index (χ4v) is 2.44. The van der Waals surface area contributed by atoms with Crippen LogP contribution in [0.4, 0.5) is 0 Å². The molecule has 0 spiro atoms. The van der Waals surface area contributed by atoms with Gasteiger partial charge >= 0.3 is 11.9 Å². The molecule has 0 rings (SSSR count). The zero-order valence-electron chi connectivity index (χ0n) is 17.4. The van der Waals surface area contributed by atoms with Crippen molar-refractivity contribution < 1.29 is 19.4 Å². The highest BCUT2D eigenvalue weighted by Crippen LogP contribution is 2.20. The van der Waals surface area contributed by atoms with Crippen LogP contribution in [0.1, 0.15) is 85.5 Å². The van der Waals surface area contributed by atoms with Gasteiger partial charge in [0.05, 0.1) is 6.61 Å². The van der Waals surface area contributed by atoms with Crippen molar-refractivity contribution in [1.29, 1.82) is 0 Å². The van der Waals surface area contributed by atoms with E-state index in [0.717, 1.165) is 31.6 Å². The first kappa shape index (κ1) is 26.6. The molecule has 1 N–H and O–H groups in total. The molecular formula is C22H40O4. The lowest BCUT2D eigenvalue weighted by Crippen LogP contribution is -2.06. The molecule has 0 fully saturated rings. The Morgan fingerprint density at radius 3 is 2.19 bits per heavy atom. The molecule has 0 aliphatic heterocycles. The summed E-state index contributed by atoms with van der Waals surface area (Å²) in [5.74, 6) is 0.109. The van der Waals surface area contributed by atoms with Gasteiger partial charge in [-0.2, -0.15) is 0 Å². The summed E-state index contributed by atoms with van der Waals surface area (Å²) in [6, 6.07) is 0. The van der Waals surface area contributed by atoms with Crippen molar-refractivity contribution in [2.24, 2.45) is 11.8 Å². The number of unbranched alkanes of at least 4 members (excludes halogenated alkanes) is 3. The fraction of sp³-hybridized carbons (Fsp3) is 0.727. The van der Waals surface area contributed by atoms with Crippen LogP contribution in [0.15, 0.2) is 24.8 Å². The molecule has 4 nitrogen and oxygen atoms in total. The van der Waals surface area contributed by atoms with Crippen LogP contribution in [0.5, 0.6) is 0 Å². The van der Waals surface area contributed by atoms with E-state index in [1.54, 1.807) is 0 Å². The van der Waals surface area contributed by atoms with E-state index < -0.39 is 5.97 Å². The first-order valence-electron chi connectivity index (χ1n) is 9.98. The number of carbonyl (C=O) groups excluding carboxylic acids is 1. The maximum Gasteiger partial charge on any atom is 0.330 e. The lowest BCUT2D eigenvalue weighted by atomic mass is 9.92. The monoisotopic (exact) mass is 368 g/mol. The first-order chi connectivity index (χ1) is 12.3. The average Bonchev–Trinajstić information content (AvgIpc) is 2.61. The van der Waals surface area contributed by atoms with Gasteiger partial charge in [0.2, 0.25) is 0 Å². The number of carbonyl (C=O) groups is 2. The van der Waals surface area contributed by atoms with Gasteiger partial charge in [0.1, 0.15) is 0 Å². The number of rotatable bonds is 14. The molecule has 0 radical (unpaired) electrons. The molecule has 0 saturated carbocycles. The summed E-state index contributed by atoms with van der Waals surface area (Å²) in [5.41, 5.74) is 0.350. The summed E-state index contributed by atoms with van der Waals surface area (Å²) in [5, 5.41) is 8.65. The molecule has 0 aromatic rings. The molecule has 0 saturated heterocycles. The SMILES string of the molecule is C=C(CC(CC)CCCC)C(=O)O.C=CC(=O)OCCCCCC(C)C. The highest BCUT2D eigenvalue weighted by Gasteiger charge is 2.11. The summed E-state index contributed by atoms with van der Waals surface area (Å²) < 4.78 is 4.84. The predicted octanol–water partition coefficient (Wildman–Crippen LogP) is 6.17. The molecule has 0 aliphatic rings. The van der Waals surface area contributed by atoms with Crippen molar-refractivity contribution in [3.63, 3.8) is 0 Å². The van der Waals surface area contributed by atoms with Crippen molar-refractivity contribution in [3.8, 4) is 0 Å². The number of carboxylic acids is 1. The van der Waals surface area contributed by atoms with Crippen LogP contribution < -0.4 is 0 Å². The van der Waals surface area contributed by atoms with Crippen molar-refractivity contribution in [2.45, 2.75) is 85.5 Å². The smallest absolute Gasteiger partial charge is 0.330 e. The second kappa shape index (κ2) is 18.2. The number of esters is 1. The minimum absolute atomic E-state index is 0.316. The topological polar surface area (TPSA) is 63.6 Å². The molecule has 152 valence electrons. The van der Waals surface area contributed by atoms with E-state index in [1.165, 1.54) is 31.8 Å². The zero-order valence-corrected chi connectivity index (χ0v) is 17.4. The largest absolute Gasteiger partial charge is 0.478 e. The van der Waals surface area contributed by atoms with Gasteiger partial charge in [-0.25, -0.2) is 9.59 Å². The summed E-state index contributed by atoms with van der Waals surface area (Å²) in [7, 11) is 0. The number of aliphatic carboxylic acids is 1. The highest BCUT2D eigenvalue weighted by molar-refractivity contribution is 5.85. The average molecular weight is 369 g/mol. The lowest BCUT2D eigenvalue weighted by molar-refractivity contribution is -0.138. The van der Waals surface area contributed by atoms with E-state index in [0.29, 0.717) is 24.5 Å². The quantitative estimate of drug-likeness (QED) is 0.226. The standard InChI is InChI=1S/2C11H20O2/c1-4-11(12)13-9-7-5-6-8-10(2)3;1-4-6-7-10(5-2)8-9(3)11(12)13/h4,10H,1,5-9H2,2-3H3;10H,3-8H2,1-2H3,(H,12,13). The van der Waals surface area contributed by atoms with E-state index in [1.807, 2.05) is 0 Å². The van der Waals surface area contributed by atoms with Crippen LogP contribution in [-0.4, -0.2) is 23.7 Å². The maximum atomic E-state index is 10.6. The number of hydrogen-bond acceptors (Lipinski definition) is 3. The first-order valence-corrected chi connectivity index (χ1v) is 9.98. The summed E-state index contributed by atoms with van der Waals surface area (Å²) in [6.07, 6.45) is 11.0. The lowest BCUT2D eigenvalue weighted by Gasteiger charge is -2.13. The van der Waals surface area contributed by atoms with E-state index in [9.17, 15) is 9.59 Å². The Morgan fingerprint density at radius 2 is 1.73 bits per heavy atom. The minimum Gasteiger partial charge on any atom is -0.478 e. The van der Waals surface area contributed by atoms with Gasteiger partial charge in [0, 0.05) is 11.6 Å². The molecule has 0 aromatic carbocycles. The Morgan fingerprint density at radius 1 is 1.08 bits per heavy atom. The molecule has 0 bridgehead atoms. The van der Waals surface area contributed by atoms with Gasteiger partial charge in [-0.05, 0) is 24.7 Å². The molecule has 0 amide bonds. The van der Waals surface area contributed by atoms with Crippen molar-refractivity contribution >= 4 is 11.9 Å².